The number of nitrogens with zero attached hydrogens (tertiary/aromatic N) is 2. The molecule has 1 aromatic carbocycles. The Balaban J connectivity index is 2.36. The zero-order valence-electron chi connectivity index (χ0n) is 8.62. The van der Waals surface area contributed by atoms with Crippen LogP contribution >= 0.6 is 43.5 Å². The van der Waals surface area contributed by atoms with Gasteiger partial charge in [-0.2, -0.15) is 9.97 Å². The molecule has 0 bridgehead atoms. The summed E-state index contributed by atoms with van der Waals surface area (Å²) in [5.74, 6) is -0.162. The molecular weight excluding hydrogens is 392 g/mol. The van der Waals surface area contributed by atoms with Gasteiger partial charge in [-0.25, -0.2) is 4.39 Å². The molecule has 0 unspecified atom stereocenters. The number of rotatable bonds is 2. The minimum atomic E-state index is -0.599. The predicted molar refractivity (Wildman–Crippen MR) is 73.3 cm³/mol. The molecule has 2 rings (SSSR count). The number of hydrogen-bond donors (Lipinski definition) is 1. The lowest BCUT2D eigenvalue weighted by Crippen LogP contribution is -1.97. The lowest BCUT2D eigenvalue weighted by atomic mass is 10.3. The van der Waals surface area contributed by atoms with Crippen molar-refractivity contribution in [2.75, 3.05) is 5.73 Å². The third kappa shape index (κ3) is 3.09. The summed E-state index contributed by atoms with van der Waals surface area (Å²) in [6, 6.07) is 4.04. The van der Waals surface area contributed by atoms with Crippen LogP contribution in [0.15, 0.2) is 27.3 Å². The predicted octanol–water partition coefficient (Wildman–Crippen LogP) is 4.17. The molecule has 0 saturated heterocycles. The topological polar surface area (TPSA) is 61.0 Å². The number of anilines is 1. The molecule has 0 aliphatic carbocycles. The van der Waals surface area contributed by atoms with Crippen molar-refractivity contribution in [1.82, 2.24) is 9.97 Å². The van der Waals surface area contributed by atoms with Crippen LogP contribution in [-0.2, 0) is 0 Å². The van der Waals surface area contributed by atoms with Gasteiger partial charge in [0.2, 0.25) is 0 Å². The van der Waals surface area contributed by atoms with Gasteiger partial charge in [0.15, 0.2) is 0 Å². The summed E-state index contributed by atoms with van der Waals surface area (Å²) in [5, 5.41) is -0.0103. The van der Waals surface area contributed by atoms with Crippen LogP contribution in [0.2, 0.25) is 5.02 Å². The van der Waals surface area contributed by atoms with E-state index in [1.807, 2.05) is 0 Å². The number of halogens is 4. The highest BCUT2D eigenvalue weighted by Gasteiger charge is 2.11. The zero-order chi connectivity index (χ0) is 13.3. The first-order valence-corrected chi connectivity index (χ1v) is 6.54. The SMILES string of the molecule is Nc1cc(Br)nc(Oc2cc(F)c(Cl)cc2Br)n1. The second kappa shape index (κ2) is 5.38. The summed E-state index contributed by atoms with van der Waals surface area (Å²) in [6.07, 6.45) is 0. The first kappa shape index (κ1) is 13.5. The van der Waals surface area contributed by atoms with E-state index >= 15 is 0 Å². The lowest BCUT2D eigenvalue weighted by molar-refractivity contribution is 0.435. The molecule has 18 heavy (non-hydrogen) atoms. The number of nitrogen functional groups attached to an aromatic ring is 1. The molecule has 2 aromatic rings. The van der Waals surface area contributed by atoms with Crippen molar-refractivity contribution in [3.05, 3.63) is 38.1 Å². The van der Waals surface area contributed by atoms with Crippen molar-refractivity contribution in [3.8, 4) is 11.8 Å². The minimum absolute atomic E-state index is 0.00398. The van der Waals surface area contributed by atoms with E-state index in [0.29, 0.717) is 9.08 Å². The molecule has 0 fully saturated rings. The minimum Gasteiger partial charge on any atom is -0.423 e. The molecule has 0 aliphatic heterocycles. The maximum atomic E-state index is 13.3. The van der Waals surface area contributed by atoms with Crippen LogP contribution in [0.3, 0.4) is 0 Å². The van der Waals surface area contributed by atoms with Gasteiger partial charge in [0.05, 0.1) is 9.50 Å². The van der Waals surface area contributed by atoms with Crippen LogP contribution in [-0.4, -0.2) is 9.97 Å². The maximum absolute atomic E-state index is 13.3. The number of nitrogens with two attached hydrogens (primary N) is 1. The fourth-order valence-corrected chi connectivity index (χ4v) is 2.25. The Hall–Kier alpha value is -0.920. The first-order chi connectivity index (χ1) is 8.45. The summed E-state index contributed by atoms with van der Waals surface area (Å²) in [4.78, 5) is 7.81. The standard InChI is InChI=1S/C10H5Br2ClFN3O/c11-4-1-5(13)6(14)2-7(4)18-10-16-8(12)3-9(15)17-10/h1-3H,(H2,15,16,17). The van der Waals surface area contributed by atoms with E-state index in [1.54, 1.807) is 0 Å². The fourth-order valence-electron chi connectivity index (χ4n) is 1.14. The van der Waals surface area contributed by atoms with Gasteiger partial charge in [-0.05, 0) is 37.9 Å². The third-order valence-electron chi connectivity index (χ3n) is 1.87. The van der Waals surface area contributed by atoms with Crippen molar-refractivity contribution in [3.63, 3.8) is 0 Å². The molecule has 4 nitrogen and oxygen atoms in total. The van der Waals surface area contributed by atoms with Gasteiger partial charge in [-0.1, -0.05) is 11.6 Å². The van der Waals surface area contributed by atoms with Crippen LogP contribution in [0, 0.1) is 5.82 Å². The first-order valence-electron chi connectivity index (χ1n) is 4.58. The van der Waals surface area contributed by atoms with E-state index < -0.39 is 5.82 Å². The quantitative estimate of drug-likeness (QED) is 0.610. The second-order valence-electron chi connectivity index (χ2n) is 3.20. The molecule has 1 heterocycles. The van der Waals surface area contributed by atoms with Crippen LogP contribution in [0.5, 0.6) is 11.8 Å². The van der Waals surface area contributed by atoms with E-state index in [2.05, 4.69) is 41.8 Å². The highest BCUT2D eigenvalue weighted by atomic mass is 79.9. The fraction of sp³-hybridized carbons (Fsp3) is 0. The van der Waals surface area contributed by atoms with Gasteiger partial charge in [0.25, 0.3) is 0 Å². The summed E-state index contributed by atoms with van der Waals surface area (Å²) < 4.78 is 19.6. The van der Waals surface area contributed by atoms with Gasteiger partial charge >= 0.3 is 6.01 Å². The molecule has 0 atom stereocenters. The Labute approximate surface area is 124 Å². The van der Waals surface area contributed by atoms with Crippen LogP contribution in [0.1, 0.15) is 0 Å². The molecular formula is C10H5Br2ClFN3O. The number of hydrogen-bond acceptors (Lipinski definition) is 4. The molecule has 0 aliphatic rings. The molecule has 0 spiro atoms. The largest absolute Gasteiger partial charge is 0.423 e. The van der Waals surface area contributed by atoms with Crippen LogP contribution in [0.4, 0.5) is 10.2 Å². The van der Waals surface area contributed by atoms with E-state index in [1.165, 1.54) is 12.1 Å². The normalized spacial score (nSPS) is 10.4. The third-order valence-corrected chi connectivity index (χ3v) is 3.19. The highest BCUT2D eigenvalue weighted by Crippen LogP contribution is 2.33. The summed E-state index contributed by atoms with van der Waals surface area (Å²) >= 11 is 12.0. The van der Waals surface area contributed by atoms with E-state index in [0.717, 1.165) is 6.07 Å². The highest BCUT2D eigenvalue weighted by molar-refractivity contribution is 9.10. The Morgan fingerprint density at radius 1 is 1.22 bits per heavy atom. The lowest BCUT2D eigenvalue weighted by Gasteiger charge is -2.07. The molecule has 2 N–H and O–H groups in total. The molecule has 94 valence electrons. The number of aromatic nitrogens is 2. The Morgan fingerprint density at radius 3 is 2.61 bits per heavy atom. The van der Waals surface area contributed by atoms with Crippen LogP contribution < -0.4 is 10.5 Å². The molecule has 0 amide bonds. The van der Waals surface area contributed by atoms with Crippen molar-refractivity contribution in [1.29, 1.82) is 0 Å². The van der Waals surface area contributed by atoms with E-state index in [9.17, 15) is 4.39 Å². The molecule has 0 radical (unpaired) electrons. The average molecular weight is 397 g/mol. The Bertz CT molecular complexity index is 592. The summed E-state index contributed by atoms with van der Waals surface area (Å²) in [5.41, 5.74) is 5.54. The number of benzene rings is 1. The Morgan fingerprint density at radius 2 is 1.94 bits per heavy atom. The average Bonchev–Trinajstić information content (AvgIpc) is 2.24. The van der Waals surface area contributed by atoms with Gasteiger partial charge in [0.1, 0.15) is 22.0 Å². The summed E-state index contributed by atoms with van der Waals surface area (Å²) in [6.45, 7) is 0. The summed E-state index contributed by atoms with van der Waals surface area (Å²) in [7, 11) is 0. The van der Waals surface area contributed by atoms with E-state index in [4.69, 9.17) is 22.1 Å². The van der Waals surface area contributed by atoms with Gasteiger partial charge in [-0.15, -0.1) is 0 Å². The smallest absolute Gasteiger partial charge is 0.325 e. The van der Waals surface area contributed by atoms with Crippen molar-refractivity contribution in [2.24, 2.45) is 0 Å². The van der Waals surface area contributed by atoms with Gasteiger partial charge < -0.3 is 10.5 Å². The van der Waals surface area contributed by atoms with Crippen molar-refractivity contribution in [2.45, 2.75) is 0 Å². The molecule has 1 aromatic heterocycles. The van der Waals surface area contributed by atoms with Crippen LogP contribution in [0.25, 0.3) is 0 Å². The zero-order valence-corrected chi connectivity index (χ0v) is 12.6. The second-order valence-corrected chi connectivity index (χ2v) is 5.27. The Kier molecular flexibility index (Phi) is 4.04. The van der Waals surface area contributed by atoms with Gasteiger partial charge in [0, 0.05) is 12.1 Å². The molecule has 8 heteroatoms. The number of ether oxygens (including phenoxy) is 1. The van der Waals surface area contributed by atoms with E-state index in [-0.39, 0.29) is 22.6 Å². The maximum Gasteiger partial charge on any atom is 0.325 e. The van der Waals surface area contributed by atoms with Crippen molar-refractivity contribution < 1.29 is 9.13 Å². The van der Waals surface area contributed by atoms with Gasteiger partial charge in [-0.3, -0.25) is 0 Å². The monoisotopic (exact) mass is 395 g/mol. The molecule has 0 saturated carbocycles. The van der Waals surface area contributed by atoms with Crippen molar-refractivity contribution >= 4 is 49.3 Å².